The predicted molar refractivity (Wildman–Crippen MR) is 107 cm³/mol. The Labute approximate surface area is 164 Å². The lowest BCUT2D eigenvalue weighted by Gasteiger charge is -2.28. The van der Waals surface area contributed by atoms with Crippen LogP contribution in [-0.4, -0.2) is 47.0 Å². The quantitative estimate of drug-likeness (QED) is 0.632. The first kappa shape index (κ1) is 21.3. The molecule has 1 aromatic rings. The zero-order valence-electron chi connectivity index (χ0n) is 15.9. The molecule has 0 saturated heterocycles. The van der Waals surface area contributed by atoms with Crippen LogP contribution in [0, 0.1) is 12.8 Å². The fourth-order valence-electron chi connectivity index (χ4n) is 3.32. The average Bonchev–Trinajstić information content (AvgIpc) is 2.65. The summed E-state index contributed by atoms with van der Waals surface area (Å²) in [6.07, 6.45) is 4.98. The Morgan fingerprint density at radius 1 is 1.22 bits per heavy atom. The summed E-state index contributed by atoms with van der Waals surface area (Å²) in [4.78, 5) is 36.3. The molecule has 7 heteroatoms. The van der Waals surface area contributed by atoms with E-state index in [-0.39, 0.29) is 23.8 Å². The van der Waals surface area contributed by atoms with Gasteiger partial charge in [-0.2, -0.15) is 11.8 Å². The number of amides is 2. The highest BCUT2D eigenvalue weighted by Gasteiger charge is 2.29. The maximum absolute atomic E-state index is 12.7. The van der Waals surface area contributed by atoms with Crippen molar-refractivity contribution in [3.05, 3.63) is 35.4 Å². The summed E-state index contributed by atoms with van der Waals surface area (Å²) in [5.41, 5.74) is 1.53. The lowest BCUT2D eigenvalue weighted by atomic mass is 9.86. The van der Waals surface area contributed by atoms with E-state index < -0.39 is 12.0 Å². The fraction of sp³-hybridized carbons (Fsp3) is 0.550. The zero-order valence-corrected chi connectivity index (χ0v) is 16.7. The Kier molecular flexibility index (Phi) is 8.16. The zero-order chi connectivity index (χ0) is 19.8. The third-order valence-corrected chi connectivity index (χ3v) is 5.58. The van der Waals surface area contributed by atoms with Gasteiger partial charge < -0.3 is 15.7 Å². The van der Waals surface area contributed by atoms with Gasteiger partial charge >= 0.3 is 5.97 Å². The molecule has 6 nitrogen and oxygen atoms in total. The van der Waals surface area contributed by atoms with Crippen molar-refractivity contribution in [3.63, 3.8) is 0 Å². The number of nitrogens with one attached hydrogen (secondary N) is 2. The second kappa shape index (κ2) is 10.3. The van der Waals surface area contributed by atoms with Gasteiger partial charge in [0, 0.05) is 11.6 Å². The van der Waals surface area contributed by atoms with Gasteiger partial charge in [-0.1, -0.05) is 17.7 Å². The van der Waals surface area contributed by atoms with Gasteiger partial charge in [0.2, 0.25) is 5.91 Å². The molecule has 27 heavy (non-hydrogen) atoms. The summed E-state index contributed by atoms with van der Waals surface area (Å²) >= 11 is 1.63. The van der Waals surface area contributed by atoms with Gasteiger partial charge in [0.1, 0.15) is 6.04 Å². The minimum absolute atomic E-state index is 0.0271. The molecule has 1 saturated carbocycles. The highest BCUT2D eigenvalue weighted by Crippen LogP contribution is 2.24. The first-order chi connectivity index (χ1) is 12.9. The van der Waals surface area contributed by atoms with Crippen molar-refractivity contribution in [2.45, 2.75) is 51.1 Å². The van der Waals surface area contributed by atoms with E-state index in [1.54, 1.807) is 23.9 Å². The molecule has 0 spiro atoms. The van der Waals surface area contributed by atoms with E-state index in [2.05, 4.69) is 10.6 Å². The number of aryl methyl sites for hydroxylation is 1. The molecule has 0 aromatic heterocycles. The first-order valence-corrected chi connectivity index (χ1v) is 10.7. The number of aliphatic carboxylic acids is 1. The Morgan fingerprint density at radius 2 is 1.93 bits per heavy atom. The lowest BCUT2D eigenvalue weighted by Crippen LogP contribution is -2.50. The minimum atomic E-state index is -0.761. The summed E-state index contributed by atoms with van der Waals surface area (Å²) in [6, 6.07) is 6.65. The van der Waals surface area contributed by atoms with Gasteiger partial charge in [0.05, 0.1) is 5.92 Å². The van der Waals surface area contributed by atoms with Crippen molar-refractivity contribution in [3.8, 4) is 0 Å². The van der Waals surface area contributed by atoms with Crippen molar-refractivity contribution in [2.75, 3.05) is 12.0 Å². The van der Waals surface area contributed by atoms with Crippen LogP contribution in [0.3, 0.4) is 0 Å². The van der Waals surface area contributed by atoms with Gasteiger partial charge in [-0.05, 0) is 63.2 Å². The van der Waals surface area contributed by atoms with Gasteiger partial charge in [-0.25, -0.2) is 0 Å². The minimum Gasteiger partial charge on any atom is -0.481 e. The van der Waals surface area contributed by atoms with Crippen LogP contribution in [0.4, 0.5) is 0 Å². The van der Waals surface area contributed by atoms with Gasteiger partial charge in [-0.15, -0.1) is 0 Å². The largest absolute Gasteiger partial charge is 0.481 e. The molecule has 2 rings (SSSR count). The van der Waals surface area contributed by atoms with Gasteiger partial charge in [0.25, 0.3) is 5.91 Å². The summed E-state index contributed by atoms with van der Waals surface area (Å²) in [5.74, 6) is -0.759. The number of hydrogen-bond acceptors (Lipinski definition) is 4. The number of carboxylic acid groups (broad SMARTS) is 1. The van der Waals surface area contributed by atoms with E-state index >= 15 is 0 Å². The van der Waals surface area contributed by atoms with Crippen LogP contribution in [0.5, 0.6) is 0 Å². The van der Waals surface area contributed by atoms with E-state index in [9.17, 15) is 14.4 Å². The number of thioether (sulfide) groups is 1. The fourth-order valence-corrected chi connectivity index (χ4v) is 3.79. The van der Waals surface area contributed by atoms with E-state index in [0.717, 1.165) is 11.3 Å². The van der Waals surface area contributed by atoms with Crippen LogP contribution >= 0.6 is 11.8 Å². The Morgan fingerprint density at radius 3 is 2.52 bits per heavy atom. The number of carboxylic acids is 1. The van der Waals surface area contributed by atoms with Gasteiger partial charge in [0.15, 0.2) is 0 Å². The molecular formula is C20H28N2O4S. The third-order valence-electron chi connectivity index (χ3n) is 4.94. The Hall–Kier alpha value is -2.02. The SMILES string of the molecule is CSCCC(NC(=O)c1cccc(C)c1)C(=O)NC1CCC(C(=O)O)CC1. The molecule has 1 atom stereocenters. The summed E-state index contributed by atoms with van der Waals surface area (Å²) in [6.45, 7) is 1.92. The number of rotatable bonds is 8. The van der Waals surface area contributed by atoms with Crippen LogP contribution in [0.2, 0.25) is 0 Å². The molecule has 0 radical (unpaired) electrons. The van der Waals surface area contributed by atoms with Crippen LogP contribution in [0.15, 0.2) is 24.3 Å². The van der Waals surface area contributed by atoms with Crippen LogP contribution < -0.4 is 10.6 Å². The smallest absolute Gasteiger partial charge is 0.306 e. The molecule has 1 aliphatic carbocycles. The summed E-state index contributed by atoms with van der Waals surface area (Å²) < 4.78 is 0. The van der Waals surface area contributed by atoms with Crippen molar-refractivity contribution in [2.24, 2.45) is 5.92 Å². The second-order valence-corrected chi connectivity index (χ2v) is 8.06. The molecule has 0 aliphatic heterocycles. The van der Waals surface area contributed by atoms with Crippen LogP contribution in [0.25, 0.3) is 0 Å². The molecular weight excluding hydrogens is 364 g/mol. The number of carbonyl (C=O) groups is 3. The molecule has 0 heterocycles. The monoisotopic (exact) mass is 392 g/mol. The van der Waals surface area contributed by atoms with Crippen LogP contribution in [-0.2, 0) is 9.59 Å². The van der Waals surface area contributed by atoms with E-state index in [4.69, 9.17) is 5.11 Å². The third kappa shape index (κ3) is 6.57. The molecule has 1 unspecified atom stereocenters. The highest BCUT2D eigenvalue weighted by molar-refractivity contribution is 7.98. The molecule has 148 valence electrons. The van der Waals surface area contributed by atoms with Crippen molar-refractivity contribution in [1.82, 2.24) is 10.6 Å². The topological polar surface area (TPSA) is 95.5 Å². The molecule has 0 bridgehead atoms. The molecule has 1 aliphatic rings. The first-order valence-electron chi connectivity index (χ1n) is 9.30. The second-order valence-electron chi connectivity index (χ2n) is 7.07. The van der Waals surface area contributed by atoms with Crippen molar-refractivity contribution >= 4 is 29.5 Å². The molecule has 2 amide bonds. The highest BCUT2D eigenvalue weighted by atomic mass is 32.2. The Balaban J connectivity index is 1.95. The average molecular weight is 393 g/mol. The van der Waals surface area contributed by atoms with Crippen LogP contribution in [0.1, 0.15) is 48.0 Å². The van der Waals surface area contributed by atoms with Gasteiger partial charge in [-0.3, -0.25) is 14.4 Å². The maximum atomic E-state index is 12.7. The standard InChI is InChI=1S/C20H28N2O4S/c1-13-4-3-5-15(12-13)18(23)22-17(10-11-27-2)19(24)21-16-8-6-14(7-9-16)20(25)26/h3-5,12,14,16-17H,6-11H2,1-2H3,(H,21,24)(H,22,23)(H,25,26). The van der Waals surface area contributed by atoms with Crippen molar-refractivity contribution in [1.29, 1.82) is 0 Å². The normalized spacial score (nSPS) is 20.5. The Bertz CT molecular complexity index is 672. The molecule has 1 aromatic carbocycles. The number of hydrogen-bond donors (Lipinski definition) is 3. The van der Waals surface area contributed by atoms with Crippen molar-refractivity contribution < 1.29 is 19.5 Å². The predicted octanol–water partition coefficient (Wildman–Crippen LogP) is 2.61. The summed E-state index contributed by atoms with van der Waals surface area (Å²) in [7, 11) is 0. The number of carbonyl (C=O) groups excluding carboxylic acids is 2. The molecule has 3 N–H and O–H groups in total. The summed E-state index contributed by atoms with van der Waals surface area (Å²) in [5, 5.41) is 14.9. The van der Waals surface area contributed by atoms with E-state index in [1.807, 2.05) is 25.3 Å². The van der Waals surface area contributed by atoms with E-state index in [1.165, 1.54) is 0 Å². The maximum Gasteiger partial charge on any atom is 0.306 e. The number of benzene rings is 1. The lowest BCUT2D eigenvalue weighted by molar-refractivity contribution is -0.142. The molecule has 1 fully saturated rings. The van der Waals surface area contributed by atoms with E-state index in [0.29, 0.717) is 37.7 Å².